The summed E-state index contributed by atoms with van der Waals surface area (Å²) in [5.74, 6) is 1.48. The van der Waals surface area contributed by atoms with Gasteiger partial charge in [0.15, 0.2) is 0 Å². The number of nitrogens with zero attached hydrogens (tertiary/aromatic N) is 3. The molecule has 0 saturated heterocycles. The van der Waals surface area contributed by atoms with Gasteiger partial charge in [-0.25, -0.2) is 9.97 Å². The van der Waals surface area contributed by atoms with Gasteiger partial charge in [-0.3, -0.25) is 0 Å². The highest BCUT2D eigenvalue weighted by Gasteiger charge is 1.98. The lowest BCUT2D eigenvalue weighted by Crippen LogP contribution is -1.96. The third kappa shape index (κ3) is 3.02. The van der Waals surface area contributed by atoms with Crippen molar-refractivity contribution in [3.8, 4) is 6.07 Å². The van der Waals surface area contributed by atoms with E-state index in [9.17, 15) is 0 Å². The van der Waals surface area contributed by atoms with E-state index in [1.165, 1.54) is 0 Å². The molecular formula is C13H12N4. The molecule has 0 bridgehead atoms. The SMILES string of the molecule is Cc1nccc(Nc2cccc(CC#N)c2)n1. The molecule has 0 spiro atoms. The number of rotatable bonds is 3. The summed E-state index contributed by atoms with van der Waals surface area (Å²) in [5, 5.41) is 11.8. The van der Waals surface area contributed by atoms with Crippen LogP contribution < -0.4 is 5.32 Å². The highest BCUT2D eigenvalue weighted by molar-refractivity contribution is 5.56. The van der Waals surface area contributed by atoms with E-state index < -0.39 is 0 Å². The van der Waals surface area contributed by atoms with E-state index in [4.69, 9.17) is 5.26 Å². The van der Waals surface area contributed by atoms with Crippen LogP contribution in [0.25, 0.3) is 0 Å². The molecule has 1 aromatic heterocycles. The van der Waals surface area contributed by atoms with Crippen molar-refractivity contribution in [2.45, 2.75) is 13.3 Å². The zero-order valence-corrected chi connectivity index (χ0v) is 9.51. The summed E-state index contributed by atoms with van der Waals surface area (Å²) in [7, 11) is 0. The van der Waals surface area contributed by atoms with E-state index in [2.05, 4.69) is 21.4 Å². The van der Waals surface area contributed by atoms with Crippen molar-refractivity contribution in [2.75, 3.05) is 5.32 Å². The van der Waals surface area contributed by atoms with Gasteiger partial charge in [0.2, 0.25) is 0 Å². The van der Waals surface area contributed by atoms with Crippen LogP contribution in [-0.2, 0) is 6.42 Å². The molecule has 17 heavy (non-hydrogen) atoms. The molecule has 2 rings (SSSR count). The van der Waals surface area contributed by atoms with Gasteiger partial charge >= 0.3 is 0 Å². The van der Waals surface area contributed by atoms with E-state index in [1.807, 2.05) is 37.3 Å². The van der Waals surface area contributed by atoms with Crippen LogP contribution in [0.15, 0.2) is 36.5 Å². The Morgan fingerprint density at radius 2 is 2.24 bits per heavy atom. The molecule has 2 aromatic rings. The maximum absolute atomic E-state index is 8.65. The monoisotopic (exact) mass is 224 g/mol. The predicted molar refractivity (Wildman–Crippen MR) is 65.8 cm³/mol. The molecule has 0 radical (unpaired) electrons. The molecule has 0 unspecified atom stereocenters. The number of aryl methyl sites for hydroxylation is 1. The minimum atomic E-state index is 0.415. The van der Waals surface area contributed by atoms with Crippen molar-refractivity contribution in [1.29, 1.82) is 5.26 Å². The Balaban J connectivity index is 2.19. The summed E-state index contributed by atoms with van der Waals surface area (Å²) in [6.07, 6.45) is 2.13. The van der Waals surface area contributed by atoms with Crippen LogP contribution in [0.3, 0.4) is 0 Å². The Morgan fingerprint density at radius 1 is 1.35 bits per heavy atom. The molecule has 0 saturated carbocycles. The molecule has 0 aliphatic heterocycles. The number of aromatic nitrogens is 2. The highest BCUT2D eigenvalue weighted by Crippen LogP contribution is 2.15. The number of anilines is 2. The lowest BCUT2D eigenvalue weighted by atomic mass is 10.1. The standard InChI is InChI=1S/C13H12N4/c1-10-15-8-6-13(16-10)17-12-4-2-3-11(9-12)5-7-14/h2-4,6,8-9H,5H2,1H3,(H,15,16,17). The van der Waals surface area contributed by atoms with Gasteiger partial charge in [0, 0.05) is 11.9 Å². The van der Waals surface area contributed by atoms with Gasteiger partial charge in [0.1, 0.15) is 11.6 Å². The summed E-state index contributed by atoms with van der Waals surface area (Å²) in [6, 6.07) is 11.7. The van der Waals surface area contributed by atoms with Gasteiger partial charge < -0.3 is 5.32 Å². The van der Waals surface area contributed by atoms with E-state index in [0.29, 0.717) is 6.42 Å². The fourth-order valence-electron chi connectivity index (χ4n) is 1.52. The van der Waals surface area contributed by atoms with Gasteiger partial charge in [-0.2, -0.15) is 5.26 Å². The maximum atomic E-state index is 8.65. The van der Waals surface area contributed by atoms with Crippen molar-refractivity contribution < 1.29 is 0 Å². The Labute approximate surface area is 100.0 Å². The van der Waals surface area contributed by atoms with Crippen LogP contribution in [0.1, 0.15) is 11.4 Å². The largest absolute Gasteiger partial charge is 0.340 e. The summed E-state index contributed by atoms with van der Waals surface area (Å²) in [6.45, 7) is 1.84. The van der Waals surface area contributed by atoms with E-state index >= 15 is 0 Å². The zero-order valence-electron chi connectivity index (χ0n) is 9.51. The molecule has 84 valence electrons. The molecule has 1 N–H and O–H groups in total. The number of hydrogen-bond acceptors (Lipinski definition) is 4. The zero-order chi connectivity index (χ0) is 12.1. The van der Waals surface area contributed by atoms with Crippen LogP contribution in [0.2, 0.25) is 0 Å². The number of nitrogens with one attached hydrogen (secondary N) is 1. The fraction of sp³-hybridized carbons (Fsp3) is 0.154. The topological polar surface area (TPSA) is 61.6 Å². The average molecular weight is 224 g/mol. The third-order valence-corrected chi connectivity index (χ3v) is 2.26. The number of benzene rings is 1. The lowest BCUT2D eigenvalue weighted by Gasteiger charge is -2.06. The van der Waals surface area contributed by atoms with E-state index in [-0.39, 0.29) is 0 Å². The van der Waals surface area contributed by atoms with Crippen molar-refractivity contribution in [2.24, 2.45) is 0 Å². The second-order valence-corrected chi connectivity index (χ2v) is 3.65. The fourth-order valence-corrected chi connectivity index (χ4v) is 1.52. The minimum absolute atomic E-state index is 0.415. The molecule has 4 nitrogen and oxygen atoms in total. The van der Waals surface area contributed by atoms with Crippen LogP contribution in [-0.4, -0.2) is 9.97 Å². The summed E-state index contributed by atoms with van der Waals surface area (Å²) in [4.78, 5) is 8.29. The lowest BCUT2D eigenvalue weighted by molar-refractivity contribution is 1.06. The minimum Gasteiger partial charge on any atom is -0.340 e. The third-order valence-electron chi connectivity index (χ3n) is 2.26. The molecule has 0 fully saturated rings. The summed E-state index contributed by atoms with van der Waals surface area (Å²) < 4.78 is 0. The normalized spacial score (nSPS) is 9.65. The number of nitriles is 1. The van der Waals surface area contributed by atoms with E-state index in [0.717, 1.165) is 22.9 Å². The molecule has 1 heterocycles. The van der Waals surface area contributed by atoms with Crippen molar-refractivity contribution in [3.05, 3.63) is 47.9 Å². The molecule has 0 aliphatic rings. The Morgan fingerprint density at radius 3 is 3.00 bits per heavy atom. The summed E-state index contributed by atoms with van der Waals surface area (Å²) >= 11 is 0. The van der Waals surface area contributed by atoms with Crippen molar-refractivity contribution in [3.63, 3.8) is 0 Å². The Bertz CT molecular complexity index is 557. The van der Waals surface area contributed by atoms with Crippen LogP contribution >= 0.6 is 0 Å². The Kier molecular flexibility index (Phi) is 3.31. The first-order valence-electron chi connectivity index (χ1n) is 5.30. The van der Waals surface area contributed by atoms with Gasteiger partial charge in [0.05, 0.1) is 12.5 Å². The van der Waals surface area contributed by atoms with Crippen LogP contribution in [0.4, 0.5) is 11.5 Å². The van der Waals surface area contributed by atoms with Crippen molar-refractivity contribution in [1.82, 2.24) is 9.97 Å². The molecule has 0 atom stereocenters. The van der Waals surface area contributed by atoms with Gasteiger partial charge in [0.25, 0.3) is 0 Å². The first kappa shape index (κ1) is 11.1. The average Bonchev–Trinajstić information content (AvgIpc) is 2.30. The van der Waals surface area contributed by atoms with Crippen molar-refractivity contribution >= 4 is 11.5 Å². The van der Waals surface area contributed by atoms with E-state index in [1.54, 1.807) is 6.20 Å². The van der Waals surface area contributed by atoms with Crippen LogP contribution in [0, 0.1) is 18.3 Å². The first-order valence-corrected chi connectivity index (χ1v) is 5.30. The predicted octanol–water partition coefficient (Wildman–Crippen LogP) is 2.59. The highest BCUT2D eigenvalue weighted by atomic mass is 15.0. The first-order chi connectivity index (χ1) is 8.28. The smallest absolute Gasteiger partial charge is 0.134 e. The summed E-state index contributed by atoms with van der Waals surface area (Å²) in [5.41, 5.74) is 1.92. The molecular weight excluding hydrogens is 212 g/mol. The second-order valence-electron chi connectivity index (χ2n) is 3.65. The second kappa shape index (κ2) is 5.08. The molecule has 1 aromatic carbocycles. The Hall–Kier alpha value is -2.41. The molecule has 0 aliphatic carbocycles. The maximum Gasteiger partial charge on any atom is 0.134 e. The quantitative estimate of drug-likeness (QED) is 0.870. The number of hydrogen-bond donors (Lipinski definition) is 1. The molecule has 0 amide bonds. The van der Waals surface area contributed by atoms with Gasteiger partial charge in [-0.05, 0) is 30.7 Å². The van der Waals surface area contributed by atoms with Gasteiger partial charge in [-0.1, -0.05) is 12.1 Å². The molecule has 4 heteroatoms. The van der Waals surface area contributed by atoms with Gasteiger partial charge in [-0.15, -0.1) is 0 Å². The van der Waals surface area contributed by atoms with Crippen LogP contribution in [0.5, 0.6) is 0 Å².